The van der Waals surface area contributed by atoms with E-state index in [4.69, 9.17) is 9.47 Å². The molecule has 0 saturated heterocycles. The van der Waals surface area contributed by atoms with E-state index in [1.165, 1.54) is 0 Å². The van der Waals surface area contributed by atoms with Crippen LogP contribution in [0.2, 0.25) is 0 Å². The molecule has 0 bridgehead atoms. The Morgan fingerprint density at radius 3 is 2.64 bits per heavy atom. The van der Waals surface area contributed by atoms with Gasteiger partial charge in [-0.3, -0.25) is 0 Å². The third-order valence-electron chi connectivity index (χ3n) is 3.09. The Kier molecular flexibility index (Phi) is 1.53. The number of benzene rings is 1. The van der Waals surface area contributed by atoms with Gasteiger partial charge in [0.05, 0.1) is 5.60 Å². The van der Waals surface area contributed by atoms with Crippen LogP contribution in [0.25, 0.3) is 0 Å². The molecule has 3 heteroatoms. The van der Waals surface area contributed by atoms with E-state index in [9.17, 15) is 5.11 Å². The smallest absolute Gasteiger partial charge is 0.231 e. The molecule has 74 valence electrons. The van der Waals surface area contributed by atoms with Crippen LogP contribution in [0.3, 0.4) is 0 Å². The second kappa shape index (κ2) is 2.64. The molecule has 1 aliphatic heterocycles. The summed E-state index contributed by atoms with van der Waals surface area (Å²) in [6.07, 6.45) is 2.81. The normalized spacial score (nSPS) is 21.8. The van der Waals surface area contributed by atoms with Crippen LogP contribution >= 0.6 is 0 Å². The lowest BCUT2D eigenvalue weighted by atomic mass is 9.75. The first-order valence-corrected chi connectivity index (χ1v) is 4.90. The van der Waals surface area contributed by atoms with Crippen molar-refractivity contribution in [2.75, 3.05) is 6.79 Å². The first-order chi connectivity index (χ1) is 6.78. The lowest BCUT2D eigenvalue weighted by Crippen LogP contribution is -2.33. The highest BCUT2D eigenvalue weighted by Gasteiger charge is 2.37. The average molecular weight is 192 g/mol. The van der Waals surface area contributed by atoms with E-state index in [-0.39, 0.29) is 6.79 Å². The number of fused-ring (bicyclic) bond motifs is 1. The van der Waals surface area contributed by atoms with Gasteiger partial charge in [-0.2, -0.15) is 0 Å². The van der Waals surface area contributed by atoms with Gasteiger partial charge in [0, 0.05) is 0 Å². The van der Waals surface area contributed by atoms with E-state index in [0.717, 1.165) is 36.3 Å². The Labute approximate surface area is 82.3 Å². The average Bonchev–Trinajstić information content (AvgIpc) is 2.60. The fraction of sp³-hybridized carbons (Fsp3) is 0.455. The third-order valence-corrected chi connectivity index (χ3v) is 3.09. The Morgan fingerprint density at radius 1 is 1.14 bits per heavy atom. The number of ether oxygens (including phenoxy) is 2. The van der Waals surface area contributed by atoms with E-state index in [0.29, 0.717) is 0 Å². The summed E-state index contributed by atoms with van der Waals surface area (Å²) in [6, 6.07) is 5.68. The predicted molar refractivity (Wildman–Crippen MR) is 50.3 cm³/mol. The lowest BCUT2D eigenvalue weighted by Gasteiger charge is -2.37. The molecule has 14 heavy (non-hydrogen) atoms. The Morgan fingerprint density at radius 2 is 1.93 bits per heavy atom. The van der Waals surface area contributed by atoms with Crippen molar-refractivity contribution in [2.45, 2.75) is 24.9 Å². The molecule has 1 aromatic rings. The standard InChI is InChI=1S/C11H12O3/c12-11(4-1-5-11)8-2-3-9-10(6-8)14-7-13-9/h2-3,6,12H,1,4-5,7H2. The fourth-order valence-electron chi connectivity index (χ4n) is 1.99. The van der Waals surface area contributed by atoms with Crippen molar-refractivity contribution in [3.05, 3.63) is 23.8 Å². The molecular weight excluding hydrogens is 180 g/mol. The largest absolute Gasteiger partial charge is 0.454 e. The Bertz CT molecular complexity index is 369. The van der Waals surface area contributed by atoms with Gasteiger partial charge >= 0.3 is 0 Å². The second-order valence-corrected chi connectivity index (χ2v) is 3.95. The van der Waals surface area contributed by atoms with Crippen molar-refractivity contribution in [3.63, 3.8) is 0 Å². The molecule has 1 saturated carbocycles. The zero-order chi connectivity index (χ0) is 9.60. The van der Waals surface area contributed by atoms with E-state index in [1.54, 1.807) is 0 Å². The molecule has 1 heterocycles. The number of hydrogen-bond acceptors (Lipinski definition) is 3. The maximum Gasteiger partial charge on any atom is 0.231 e. The highest BCUT2D eigenvalue weighted by molar-refractivity contribution is 5.46. The van der Waals surface area contributed by atoms with Crippen LogP contribution in [0, 0.1) is 0 Å². The molecule has 3 rings (SSSR count). The van der Waals surface area contributed by atoms with Crippen LogP contribution in [0.4, 0.5) is 0 Å². The third kappa shape index (κ3) is 1.02. The zero-order valence-corrected chi connectivity index (χ0v) is 7.82. The molecule has 0 radical (unpaired) electrons. The van der Waals surface area contributed by atoms with Crippen LogP contribution in [0.15, 0.2) is 18.2 Å². The maximum absolute atomic E-state index is 10.1. The minimum absolute atomic E-state index is 0.289. The Balaban J connectivity index is 2.00. The van der Waals surface area contributed by atoms with Crippen molar-refractivity contribution in [1.29, 1.82) is 0 Å². The molecule has 0 unspecified atom stereocenters. The first-order valence-electron chi connectivity index (χ1n) is 4.90. The van der Waals surface area contributed by atoms with Crippen LogP contribution in [-0.4, -0.2) is 11.9 Å². The van der Waals surface area contributed by atoms with Gasteiger partial charge in [-0.1, -0.05) is 6.07 Å². The zero-order valence-electron chi connectivity index (χ0n) is 7.82. The second-order valence-electron chi connectivity index (χ2n) is 3.95. The molecule has 0 spiro atoms. The van der Waals surface area contributed by atoms with Crippen molar-refractivity contribution in [1.82, 2.24) is 0 Å². The Hall–Kier alpha value is -1.22. The maximum atomic E-state index is 10.1. The minimum Gasteiger partial charge on any atom is -0.454 e. The number of rotatable bonds is 1. The van der Waals surface area contributed by atoms with Gasteiger partial charge in [-0.25, -0.2) is 0 Å². The van der Waals surface area contributed by atoms with Crippen LogP contribution in [0.5, 0.6) is 11.5 Å². The van der Waals surface area contributed by atoms with Gasteiger partial charge in [0.25, 0.3) is 0 Å². The SMILES string of the molecule is OC1(c2ccc3c(c2)OCO3)CCC1. The fourth-order valence-corrected chi connectivity index (χ4v) is 1.99. The van der Waals surface area contributed by atoms with Crippen molar-refractivity contribution < 1.29 is 14.6 Å². The molecule has 0 atom stereocenters. The van der Waals surface area contributed by atoms with E-state index >= 15 is 0 Å². The van der Waals surface area contributed by atoms with Gasteiger partial charge in [0.2, 0.25) is 6.79 Å². The summed E-state index contributed by atoms with van der Waals surface area (Å²) in [4.78, 5) is 0. The molecule has 1 aromatic carbocycles. The quantitative estimate of drug-likeness (QED) is 0.737. The lowest BCUT2D eigenvalue weighted by molar-refractivity contribution is -0.0389. The molecule has 2 aliphatic rings. The molecule has 3 nitrogen and oxygen atoms in total. The van der Waals surface area contributed by atoms with Crippen molar-refractivity contribution in [2.24, 2.45) is 0 Å². The monoisotopic (exact) mass is 192 g/mol. The molecule has 0 aromatic heterocycles. The predicted octanol–water partition coefficient (Wildman–Crippen LogP) is 1.79. The summed E-state index contributed by atoms with van der Waals surface area (Å²) >= 11 is 0. The summed E-state index contributed by atoms with van der Waals surface area (Å²) in [5.74, 6) is 1.53. The van der Waals surface area contributed by atoms with Crippen LogP contribution in [-0.2, 0) is 5.60 Å². The molecule has 1 aliphatic carbocycles. The number of hydrogen-bond donors (Lipinski definition) is 1. The van der Waals surface area contributed by atoms with Crippen molar-refractivity contribution >= 4 is 0 Å². The highest BCUT2D eigenvalue weighted by Crippen LogP contribution is 2.44. The van der Waals surface area contributed by atoms with Crippen LogP contribution < -0.4 is 9.47 Å². The summed E-state index contributed by atoms with van der Waals surface area (Å²) in [5, 5.41) is 10.1. The van der Waals surface area contributed by atoms with Gasteiger partial charge in [0.1, 0.15) is 0 Å². The first kappa shape index (κ1) is 8.12. The summed E-state index contributed by atoms with van der Waals surface area (Å²) < 4.78 is 10.5. The van der Waals surface area contributed by atoms with Gasteiger partial charge in [0.15, 0.2) is 11.5 Å². The summed E-state index contributed by atoms with van der Waals surface area (Å²) in [6.45, 7) is 0.289. The van der Waals surface area contributed by atoms with Crippen molar-refractivity contribution in [3.8, 4) is 11.5 Å². The molecule has 0 amide bonds. The summed E-state index contributed by atoms with van der Waals surface area (Å²) in [5.41, 5.74) is 0.342. The van der Waals surface area contributed by atoms with E-state index in [1.807, 2.05) is 18.2 Å². The molecule has 1 N–H and O–H groups in total. The molecule has 1 fully saturated rings. The minimum atomic E-state index is -0.610. The van der Waals surface area contributed by atoms with Gasteiger partial charge in [-0.05, 0) is 37.0 Å². The van der Waals surface area contributed by atoms with E-state index in [2.05, 4.69) is 0 Å². The molecular formula is C11H12O3. The summed E-state index contributed by atoms with van der Waals surface area (Å²) in [7, 11) is 0. The van der Waals surface area contributed by atoms with Gasteiger partial charge < -0.3 is 14.6 Å². The van der Waals surface area contributed by atoms with Crippen LogP contribution in [0.1, 0.15) is 24.8 Å². The topological polar surface area (TPSA) is 38.7 Å². The van der Waals surface area contributed by atoms with Gasteiger partial charge in [-0.15, -0.1) is 0 Å². The number of aliphatic hydroxyl groups is 1. The van der Waals surface area contributed by atoms with E-state index < -0.39 is 5.60 Å². The highest BCUT2D eigenvalue weighted by atomic mass is 16.7.